The molecule has 0 aromatic heterocycles. The standard InChI is InChI=1S/C8H12N2/c1-10-5-7-3-2-4-9-8(7)6-10/h2-3,9H,4-6H2,1H3. The molecule has 2 nitrogen and oxygen atoms in total. The molecule has 2 aliphatic heterocycles. The molecule has 0 fully saturated rings. The zero-order chi connectivity index (χ0) is 6.97. The van der Waals surface area contributed by atoms with Crippen LogP contribution in [-0.2, 0) is 0 Å². The highest BCUT2D eigenvalue weighted by Gasteiger charge is 2.17. The average molecular weight is 136 g/mol. The topological polar surface area (TPSA) is 15.3 Å². The lowest BCUT2D eigenvalue weighted by atomic mass is 10.2. The van der Waals surface area contributed by atoms with Crippen LogP contribution in [0.15, 0.2) is 23.4 Å². The Labute approximate surface area is 61.2 Å². The van der Waals surface area contributed by atoms with E-state index in [4.69, 9.17) is 0 Å². The van der Waals surface area contributed by atoms with Crippen LogP contribution in [-0.4, -0.2) is 31.6 Å². The third-order valence-corrected chi connectivity index (χ3v) is 2.01. The van der Waals surface area contributed by atoms with Gasteiger partial charge < -0.3 is 5.32 Å². The maximum atomic E-state index is 3.36. The minimum Gasteiger partial charge on any atom is -0.384 e. The third kappa shape index (κ3) is 0.847. The van der Waals surface area contributed by atoms with Crippen molar-refractivity contribution in [2.45, 2.75) is 0 Å². The van der Waals surface area contributed by atoms with Crippen LogP contribution in [0.25, 0.3) is 0 Å². The van der Waals surface area contributed by atoms with E-state index in [1.165, 1.54) is 11.3 Å². The molecule has 0 bridgehead atoms. The molecule has 2 heteroatoms. The molecular formula is C8H12N2. The first-order valence-electron chi connectivity index (χ1n) is 3.67. The highest BCUT2D eigenvalue weighted by Crippen LogP contribution is 2.16. The van der Waals surface area contributed by atoms with Crippen LogP contribution in [0.2, 0.25) is 0 Å². The molecule has 0 aliphatic carbocycles. The normalized spacial score (nSPS) is 24.9. The van der Waals surface area contributed by atoms with E-state index in [1.807, 2.05) is 0 Å². The summed E-state index contributed by atoms with van der Waals surface area (Å²) in [6.07, 6.45) is 4.41. The number of likely N-dealkylation sites (N-methyl/N-ethyl adjacent to an activating group) is 1. The van der Waals surface area contributed by atoms with Gasteiger partial charge in [-0.25, -0.2) is 0 Å². The Hall–Kier alpha value is -0.760. The highest BCUT2D eigenvalue weighted by atomic mass is 15.1. The maximum absolute atomic E-state index is 3.36. The zero-order valence-electron chi connectivity index (χ0n) is 6.22. The molecule has 2 aliphatic rings. The Morgan fingerprint density at radius 2 is 2.40 bits per heavy atom. The number of hydrogen-bond acceptors (Lipinski definition) is 2. The van der Waals surface area contributed by atoms with Gasteiger partial charge in [0.25, 0.3) is 0 Å². The number of hydrogen-bond donors (Lipinski definition) is 1. The minimum atomic E-state index is 1.01. The fourth-order valence-corrected chi connectivity index (χ4v) is 1.52. The van der Waals surface area contributed by atoms with Gasteiger partial charge in [0, 0.05) is 25.3 Å². The lowest BCUT2D eigenvalue weighted by molar-refractivity contribution is 0.422. The van der Waals surface area contributed by atoms with Crippen LogP contribution in [0.3, 0.4) is 0 Å². The van der Waals surface area contributed by atoms with Crippen molar-refractivity contribution >= 4 is 0 Å². The lowest BCUT2D eigenvalue weighted by Crippen LogP contribution is -2.21. The SMILES string of the molecule is CN1CC2=C(C1)NCC=C2. The Morgan fingerprint density at radius 3 is 3.20 bits per heavy atom. The van der Waals surface area contributed by atoms with Gasteiger partial charge in [0.1, 0.15) is 0 Å². The van der Waals surface area contributed by atoms with Gasteiger partial charge >= 0.3 is 0 Å². The van der Waals surface area contributed by atoms with Crippen LogP contribution < -0.4 is 5.32 Å². The van der Waals surface area contributed by atoms with Gasteiger partial charge in [-0.05, 0) is 12.6 Å². The zero-order valence-corrected chi connectivity index (χ0v) is 6.22. The quantitative estimate of drug-likeness (QED) is 0.517. The largest absolute Gasteiger partial charge is 0.384 e. The monoisotopic (exact) mass is 136 g/mol. The van der Waals surface area contributed by atoms with Crippen molar-refractivity contribution in [3.05, 3.63) is 23.4 Å². The fourth-order valence-electron chi connectivity index (χ4n) is 1.52. The number of nitrogens with zero attached hydrogens (tertiary/aromatic N) is 1. The molecule has 0 saturated heterocycles. The molecule has 0 aromatic rings. The highest BCUT2D eigenvalue weighted by molar-refractivity contribution is 5.34. The smallest absolute Gasteiger partial charge is 0.0385 e. The van der Waals surface area contributed by atoms with E-state index < -0.39 is 0 Å². The maximum Gasteiger partial charge on any atom is 0.0385 e. The van der Waals surface area contributed by atoms with Gasteiger partial charge in [0.2, 0.25) is 0 Å². The second-order valence-corrected chi connectivity index (χ2v) is 2.96. The van der Waals surface area contributed by atoms with E-state index in [9.17, 15) is 0 Å². The lowest BCUT2D eigenvalue weighted by Gasteiger charge is -2.09. The summed E-state index contributed by atoms with van der Waals surface area (Å²) in [6, 6.07) is 0. The number of dihydropyridines is 1. The number of rotatable bonds is 0. The van der Waals surface area contributed by atoms with Crippen LogP contribution in [0.1, 0.15) is 0 Å². The summed E-state index contributed by atoms with van der Waals surface area (Å²) in [4.78, 5) is 2.31. The summed E-state index contributed by atoms with van der Waals surface area (Å²) < 4.78 is 0. The first-order valence-corrected chi connectivity index (χ1v) is 3.67. The van der Waals surface area contributed by atoms with Crippen molar-refractivity contribution in [1.29, 1.82) is 0 Å². The summed E-state index contributed by atoms with van der Waals surface area (Å²) in [5.41, 5.74) is 2.89. The van der Waals surface area contributed by atoms with Crippen molar-refractivity contribution in [1.82, 2.24) is 10.2 Å². The molecule has 0 atom stereocenters. The molecule has 54 valence electrons. The van der Waals surface area contributed by atoms with Crippen LogP contribution in [0.5, 0.6) is 0 Å². The molecule has 2 rings (SSSR count). The van der Waals surface area contributed by atoms with Crippen molar-refractivity contribution in [2.24, 2.45) is 0 Å². The molecule has 1 N–H and O–H groups in total. The van der Waals surface area contributed by atoms with Crippen molar-refractivity contribution < 1.29 is 0 Å². The average Bonchev–Trinajstić information content (AvgIpc) is 2.27. The summed E-state index contributed by atoms with van der Waals surface area (Å²) >= 11 is 0. The minimum absolute atomic E-state index is 1.01. The first-order chi connectivity index (χ1) is 4.86. The van der Waals surface area contributed by atoms with Gasteiger partial charge in [-0.15, -0.1) is 0 Å². The van der Waals surface area contributed by atoms with Crippen molar-refractivity contribution in [2.75, 3.05) is 26.7 Å². The van der Waals surface area contributed by atoms with E-state index in [2.05, 4.69) is 29.4 Å². The van der Waals surface area contributed by atoms with E-state index in [1.54, 1.807) is 0 Å². The van der Waals surface area contributed by atoms with Gasteiger partial charge in [0.15, 0.2) is 0 Å². The third-order valence-electron chi connectivity index (χ3n) is 2.01. The Balaban J connectivity index is 2.21. The van der Waals surface area contributed by atoms with Crippen LogP contribution in [0, 0.1) is 0 Å². The molecular weight excluding hydrogens is 124 g/mol. The number of nitrogens with one attached hydrogen (secondary N) is 1. The van der Waals surface area contributed by atoms with Gasteiger partial charge in [-0.2, -0.15) is 0 Å². The predicted molar refractivity (Wildman–Crippen MR) is 41.7 cm³/mol. The molecule has 0 aromatic carbocycles. The van der Waals surface area contributed by atoms with Crippen LogP contribution >= 0.6 is 0 Å². The van der Waals surface area contributed by atoms with Crippen molar-refractivity contribution in [3.8, 4) is 0 Å². The van der Waals surface area contributed by atoms with E-state index in [-0.39, 0.29) is 0 Å². The second-order valence-electron chi connectivity index (χ2n) is 2.96. The van der Waals surface area contributed by atoms with E-state index >= 15 is 0 Å². The summed E-state index contributed by atoms with van der Waals surface area (Å²) in [5, 5.41) is 3.36. The Kier molecular flexibility index (Phi) is 1.27. The molecule has 10 heavy (non-hydrogen) atoms. The van der Waals surface area contributed by atoms with Gasteiger partial charge in [-0.1, -0.05) is 12.2 Å². The predicted octanol–water partition coefficient (Wildman–Crippen LogP) is 0.345. The van der Waals surface area contributed by atoms with Crippen molar-refractivity contribution in [3.63, 3.8) is 0 Å². The molecule has 0 spiro atoms. The van der Waals surface area contributed by atoms with Gasteiger partial charge in [0.05, 0.1) is 0 Å². The van der Waals surface area contributed by atoms with E-state index in [0.29, 0.717) is 0 Å². The Morgan fingerprint density at radius 1 is 1.50 bits per heavy atom. The molecule has 0 unspecified atom stereocenters. The molecule has 0 saturated carbocycles. The fraction of sp³-hybridized carbons (Fsp3) is 0.500. The molecule has 2 heterocycles. The molecule has 0 amide bonds. The first kappa shape index (κ1) is 5.98. The summed E-state index contributed by atoms with van der Waals surface area (Å²) in [5.74, 6) is 0. The van der Waals surface area contributed by atoms with E-state index in [0.717, 1.165) is 19.6 Å². The second kappa shape index (κ2) is 2.13. The van der Waals surface area contributed by atoms with Crippen LogP contribution in [0.4, 0.5) is 0 Å². The summed E-state index contributed by atoms with van der Waals surface area (Å²) in [6.45, 7) is 3.21. The molecule has 0 radical (unpaired) electrons. The summed E-state index contributed by atoms with van der Waals surface area (Å²) in [7, 11) is 2.15. The van der Waals surface area contributed by atoms with Gasteiger partial charge in [-0.3, -0.25) is 4.90 Å². The Bertz CT molecular complexity index is 203.